The van der Waals surface area contributed by atoms with Crippen LogP contribution in [0, 0.1) is 19.3 Å². The molecule has 0 radical (unpaired) electrons. The van der Waals surface area contributed by atoms with Gasteiger partial charge in [-0.3, -0.25) is 4.84 Å². The number of pyridine rings is 1. The van der Waals surface area contributed by atoms with Crippen LogP contribution in [0.5, 0.6) is 0 Å². The Kier molecular flexibility index (Phi) is 3.66. The predicted molar refractivity (Wildman–Crippen MR) is 54.3 cm³/mol. The lowest BCUT2D eigenvalue weighted by atomic mass is 10.2. The van der Waals surface area contributed by atoms with Crippen LogP contribution in [0.15, 0.2) is 12.1 Å². The van der Waals surface area contributed by atoms with Crippen LogP contribution in [0.25, 0.3) is 0 Å². The van der Waals surface area contributed by atoms with Gasteiger partial charge in [0, 0.05) is 0 Å². The number of nitrogens with zero attached hydrogens (tertiary/aromatic N) is 1. The standard InChI is InChI=1S/C10H10N2O3/c1-3-4-15-12-9-6-7(2)5-8(11-9)10(13)14/h1,5-6H,4H2,2H3,(H,11,12)(H,13,14). The van der Waals surface area contributed by atoms with Gasteiger partial charge in [-0.2, -0.15) is 0 Å². The van der Waals surface area contributed by atoms with Gasteiger partial charge in [-0.1, -0.05) is 5.92 Å². The number of aryl methyl sites for hydroxylation is 1. The number of carboxylic acids is 1. The Morgan fingerprint density at radius 3 is 3.07 bits per heavy atom. The van der Waals surface area contributed by atoms with Crippen LogP contribution in [0.1, 0.15) is 16.1 Å². The van der Waals surface area contributed by atoms with Crippen molar-refractivity contribution in [1.82, 2.24) is 4.98 Å². The van der Waals surface area contributed by atoms with E-state index in [0.717, 1.165) is 5.56 Å². The van der Waals surface area contributed by atoms with Crippen molar-refractivity contribution < 1.29 is 14.7 Å². The lowest BCUT2D eigenvalue weighted by Gasteiger charge is -2.05. The molecule has 0 spiro atoms. The molecule has 1 rings (SSSR count). The molecule has 5 heteroatoms. The zero-order chi connectivity index (χ0) is 11.3. The molecule has 0 aliphatic carbocycles. The first-order valence-electron chi connectivity index (χ1n) is 4.16. The highest BCUT2D eigenvalue weighted by Gasteiger charge is 2.06. The van der Waals surface area contributed by atoms with Gasteiger partial charge in [-0.05, 0) is 24.6 Å². The highest BCUT2D eigenvalue weighted by atomic mass is 16.6. The maximum absolute atomic E-state index is 10.7. The second-order valence-corrected chi connectivity index (χ2v) is 2.81. The maximum Gasteiger partial charge on any atom is 0.354 e. The van der Waals surface area contributed by atoms with Crippen molar-refractivity contribution in [3.63, 3.8) is 0 Å². The number of nitrogens with one attached hydrogen (secondary N) is 1. The lowest BCUT2D eigenvalue weighted by molar-refractivity contribution is 0.0690. The topological polar surface area (TPSA) is 71.5 Å². The SMILES string of the molecule is C#CCONc1cc(C)cc(C(=O)O)n1. The van der Waals surface area contributed by atoms with E-state index < -0.39 is 5.97 Å². The Hall–Kier alpha value is -2.06. The molecule has 0 bridgehead atoms. The Bertz CT molecular complexity index is 410. The van der Waals surface area contributed by atoms with Gasteiger partial charge in [-0.15, -0.1) is 6.42 Å². The first-order valence-corrected chi connectivity index (χ1v) is 4.16. The van der Waals surface area contributed by atoms with Crippen LogP contribution in [-0.4, -0.2) is 22.7 Å². The van der Waals surface area contributed by atoms with E-state index in [9.17, 15) is 4.79 Å². The van der Waals surface area contributed by atoms with Crippen molar-refractivity contribution in [2.24, 2.45) is 0 Å². The number of terminal acetylenes is 1. The third-order valence-electron chi connectivity index (χ3n) is 1.52. The number of carbonyl (C=O) groups is 1. The van der Waals surface area contributed by atoms with Gasteiger partial charge in [0.05, 0.1) is 0 Å². The summed E-state index contributed by atoms with van der Waals surface area (Å²) >= 11 is 0. The third kappa shape index (κ3) is 3.29. The van der Waals surface area contributed by atoms with E-state index in [2.05, 4.69) is 16.4 Å². The van der Waals surface area contributed by atoms with Crippen molar-refractivity contribution in [1.29, 1.82) is 0 Å². The van der Waals surface area contributed by atoms with Crippen LogP contribution in [0.2, 0.25) is 0 Å². The van der Waals surface area contributed by atoms with E-state index in [4.69, 9.17) is 16.4 Å². The van der Waals surface area contributed by atoms with Gasteiger partial charge in [0.2, 0.25) is 0 Å². The van der Waals surface area contributed by atoms with Gasteiger partial charge in [0.15, 0.2) is 11.5 Å². The molecule has 0 atom stereocenters. The number of hydrogen-bond acceptors (Lipinski definition) is 4. The van der Waals surface area contributed by atoms with Crippen LogP contribution >= 0.6 is 0 Å². The number of carboxylic acid groups (broad SMARTS) is 1. The van der Waals surface area contributed by atoms with Crippen molar-refractivity contribution in [2.45, 2.75) is 6.92 Å². The zero-order valence-electron chi connectivity index (χ0n) is 8.15. The Morgan fingerprint density at radius 1 is 1.73 bits per heavy atom. The molecular weight excluding hydrogens is 196 g/mol. The van der Waals surface area contributed by atoms with Gasteiger partial charge in [0.1, 0.15) is 6.61 Å². The molecule has 2 N–H and O–H groups in total. The fourth-order valence-corrected chi connectivity index (χ4v) is 0.981. The molecule has 0 amide bonds. The highest BCUT2D eigenvalue weighted by molar-refractivity contribution is 5.86. The fourth-order valence-electron chi connectivity index (χ4n) is 0.981. The number of anilines is 1. The van der Waals surface area contributed by atoms with Crippen LogP contribution < -0.4 is 5.48 Å². The van der Waals surface area contributed by atoms with E-state index in [0.29, 0.717) is 5.82 Å². The molecule has 0 fully saturated rings. The normalized spacial score (nSPS) is 9.33. The van der Waals surface area contributed by atoms with E-state index >= 15 is 0 Å². The van der Waals surface area contributed by atoms with Gasteiger partial charge >= 0.3 is 5.97 Å². The molecule has 0 saturated heterocycles. The summed E-state index contributed by atoms with van der Waals surface area (Å²) in [5, 5.41) is 8.74. The van der Waals surface area contributed by atoms with Gasteiger partial charge < -0.3 is 5.11 Å². The third-order valence-corrected chi connectivity index (χ3v) is 1.52. The predicted octanol–water partition coefficient (Wildman–Crippen LogP) is 1.06. The number of rotatable bonds is 4. The minimum atomic E-state index is -1.08. The molecule has 0 aromatic carbocycles. The monoisotopic (exact) mass is 206 g/mol. The highest BCUT2D eigenvalue weighted by Crippen LogP contribution is 2.09. The number of hydrogen-bond donors (Lipinski definition) is 2. The molecule has 0 saturated carbocycles. The summed E-state index contributed by atoms with van der Waals surface area (Å²) in [6.45, 7) is 1.85. The number of aromatic nitrogens is 1. The fraction of sp³-hybridized carbons (Fsp3) is 0.200. The van der Waals surface area contributed by atoms with Crippen LogP contribution in [0.3, 0.4) is 0 Å². The average molecular weight is 206 g/mol. The van der Waals surface area contributed by atoms with E-state index in [-0.39, 0.29) is 12.3 Å². The van der Waals surface area contributed by atoms with Crippen LogP contribution in [-0.2, 0) is 4.84 Å². The summed E-state index contributed by atoms with van der Waals surface area (Å²) in [5.41, 5.74) is 3.20. The van der Waals surface area contributed by atoms with Crippen molar-refractivity contribution >= 4 is 11.8 Å². The average Bonchev–Trinajstić information content (AvgIpc) is 2.17. The minimum Gasteiger partial charge on any atom is -0.477 e. The Balaban J connectivity index is 2.80. The lowest BCUT2D eigenvalue weighted by Crippen LogP contribution is -2.07. The van der Waals surface area contributed by atoms with Crippen molar-refractivity contribution in [2.75, 3.05) is 12.1 Å². The van der Waals surface area contributed by atoms with E-state index in [1.807, 2.05) is 0 Å². The quantitative estimate of drug-likeness (QED) is 0.438. The van der Waals surface area contributed by atoms with Gasteiger partial charge in [-0.25, -0.2) is 15.3 Å². The number of aromatic carboxylic acids is 1. The summed E-state index contributed by atoms with van der Waals surface area (Å²) in [6, 6.07) is 3.12. The first kappa shape index (κ1) is 11.0. The molecule has 5 nitrogen and oxygen atoms in total. The molecule has 0 unspecified atom stereocenters. The molecule has 78 valence electrons. The summed E-state index contributed by atoms with van der Waals surface area (Å²) in [6.07, 6.45) is 4.97. The molecule has 15 heavy (non-hydrogen) atoms. The first-order chi connectivity index (χ1) is 7.13. The van der Waals surface area contributed by atoms with Crippen molar-refractivity contribution in [3.8, 4) is 12.3 Å². The second kappa shape index (κ2) is 4.98. The van der Waals surface area contributed by atoms with E-state index in [1.54, 1.807) is 13.0 Å². The van der Waals surface area contributed by atoms with Crippen molar-refractivity contribution in [3.05, 3.63) is 23.4 Å². The molecule has 1 aromatic rings. The largest absolute Gasteiger partial charge is 0.477 e. The van der Waals surface area contributed by atoms with Crippen LogP contribution in [0.4, 0.5) is 5.82 Å². The Labute approximate surface area is 87.0 Å². The zero-order valence-corrected chi connectivity index (χ0v) is 8.15. The minimum absolute atomic E-state index is 0.0400. The summed E-state index contributed by atoms with van der Waals surface area (Å²) in [5.74, 6) is 1.50. The maximum atomic E-state index is 10.7. The Morgan fingerprint density at radius 2 is 2.47 bits per heavy atom. The summed E-state index contributed by atoms with van der Waals surface area (Å²) in [4.78, 5) is 19.3. The molecule has 0 aliphatic heterocycles. The molecular formula is C10H10N2O3. The molecule has 0 aliphatic rings. The smallest absolute Gasteiger partial charge is 0.354 e. The summed E-state index contributed by atoms with van der Waals surface area (Å²) < 4.78 is 0. The second-order valence-electron chi connectivity index (χ2n) is 2.81. The van der Waals surface area contributed by atoms with E-state index in [1.165, 1.54) is 6.07 Å². The van der Waals surface area contributed by atoms with Gasteiger partial charge in [0.25, 0.3) is 0 Å². The molecule has 1 aromatic heterocycles. The molecule has 1 heterocycles. The summed E-state index contributed by atoms with van der Waals surface area (Å²) in [7, 11) is 0.